The van der Waals surface area contributed by atoms with Gasteiger partial charge >= 0.3 is 11.9 Å². The molecule has 0 fully saturated rings. The number of carbonyl (C=O) groups is 2. The van der Waals surface area contributed by atoms with Gasteiger partial charge in [-0.25, -0.2) is 0 Å². The van der Waals surface area contributed by atoms with E-state index in [1.807, 2.05) is 13.0 Å². The van der Waals surface area contributed by atoms with E-state index in [2.05, 4.69) is 51.3 Å². The number of alkyl halides is 2. The lowest BCUT2D eigenvalue weighted by Crippen LogP contribution is -2.25. The van der Waals surface area contributed by atoms with Gasteiger partial charge in [0.1, 0.15) is 49.3 Å². The lowest BCUT2D eigenvalue weighted by atomic mass is 10.1. The highest BCUT2D eigenvalue weighted by molar-refractivity contribution is 6.19. The van der Waals surface area contributed by atoms with E-state index in [0.717, 1.165) is 37.2 Å². The largest absolute Gasteiger partial charge is 0.488 e. The van der Waals surface area contributed by atoms with E-state index >= 15 is 0 Å². The number of aryl methyl sites for hydroxylation is 1. The zero-order valence-corrected chi connectivity index (χ0v) is 37.5. The highest BCUT2D eigenvalue weighted by Crippen LogP contribution is 2.42. The minimum Gasteiger partial charge on any atom is -0.488 e. The molecule has 0 radical (unpaired) electrons. The second-order valence-corrected chi connectivity index (χ2v) is 15.2. The maximum absolute atomic E-state index is 11.9. The Bertz CT molecular complexity index is 1810. The Morgan fingerprint density at radius 1 is 0.623 bits per heavy atom. The molecular formula is C45H62Cl2N6O8. The number of azo groups is 2. The Morgan fingerprint density at radius 3 is 1.57 bits per heavy atom. The van der Waals surface area contributed by atoms with Crippen molar-refractivity contribution in [3.63, 3.8) is 0 Å². The third-order valence-electron chi connectivity index (χ3n) is 9.55. The topological polar surface area (TPSA) is 167 Å². The van der Waals surface area contributed by atoms with E-state index in [4.69, 9.17) is 42.1 Å². The molecule has 16 heteroatoms. The first-order valence-electron chi connectivity index (χ1n) is 21.5. The number of nitro groups is 1. The van der Waals surface area contributed by atoms with Crippen LogP contribution in [-0.4, -0.2) is 68.1 Å². The van der Waals surface area contributed by atoms with Crippen LogP contribution in [-0.2, 0) is 19.1 Å². The number of unbranched alkanes of at least 4 members (excludes halogenated alkanes) is 10. The van der Waals surface area contributed by atoms with Crippen molar-refractivity contribution in [1.82, 2.24) is 0 Å². The minimum atomic E-state index is -0.504. The van der Waals surface area contributed by atoms with E-state index in [9.17, 15) is 19.7 Å². The van der Waals surface area contributed by atoms with E-state index < -0.39 is 16.9 Å². The minimum absolute atomic E-state index is 0.0209. The smallest absolute Gasteiger partial charge is 0.307 e. The van der Waals surface area contributed by atoms with Gasteiger partial charge in [-0.3, -0.25) is 19.7 Å². The second-order valence-electron chi connectivity index (χ2n) is 14.5. The number of nitrogens with zero attached hydrogens (tertiary/aromatic N) is 6. The van der Waals surface area contributed by atoms with Crippen LogP contribution >= 0.6 is 23.2 Å². The molecule has 3 aromatic carbocycles. The average molecular weight is 886 g/mol. The van der Waals surface area contributed by atoms with Crippen LogP contribution in [0.5, 0.6) is 11.5 Å². The molecule has 0 heterocycles. The summed E-state index contributed by atoms with van der Waals surface area (Å²) in [7, 11) is 0. The molecule has 14 nitrogen and oxygen atoms in total. The van der Waals surface area contributed by atoms with Crippen LogP contribution in [0, 0.1) is 17.0 Å². The van der Waals surface area contributed by atoms with Crippen LogP contribution in [0.3, 0.4) is 0 Å². The summed E-state index contributed by atoms with van der Waals surface area (Å²) in [5.74, 6) is -0.181. The third kappa shape index (κ3) is 20.1. The third-order valence-corrected chi connectivity index (χ3v) is 9.93. The number of benzene rings is 3. The highest BCUT2D eigenvalue weighted by atomic mass is 35.5. The van der Waals surface area contributed by atoms with Crippen molar-refractivity contribution in [1.29, 1.82) is 0 Å². The van der Waals surface area contributed by atoms with E-state index in [0.29, 0.717) is 11.4 Å². The fraction of sp³-hybridized carbons (Fsp3) is 0.556. The van der Waals surface area contributed by atoms with Gasteiger partial charge in [-0.15, -0.1) is 33.4 Å². The molecule has 3 rings (SSSR count). The summed E-state index contributed by atoms with van der Waals surface area (Å²) in [5.41, 5.74) is 3.54. The fourth-order valence-corrected chi connectivity index (χ4v) is 6.49. The summed E-state index contributed by atoms with van der Waals surface area (Å²) in [6, 6.07) is 14.9. The number of halogens is 2. The normalized spacial score (nSPS) is 11.3. The molecule has 0 bridgehead atoms. The number of rotatable bonds is 32. The Hall–Kier alpha value is -4.82. The van der Waals surface area contributed by atoms with Crippen molar-refractivity contribution in [3.8, 4) is 11.5 Å². The molecule has 0 N–H and O–H groups in total. The van der Waals surface area contributed by atoms with Crippen LogP contribution in [0.1, 0.15) is 109 Å². The Labute approximate surface area is 370 Å². The lowest BCUT2D eigenvalue weighted by Gasteiger charge is -2.26. The van der Waals surface area contributed by atoms with E-state index in [1.165, 1.54) is 88.5 Å². The SMILES string of the molecule is CCCCCCCCN(CCCCCCCC)c1ccc(/N=N/c2cc(OCCOC(=O)CCCl)c(/N=N/c3ccc([N+](=O)[O-])cc3)cc2OCCOC(=O)CCCl)c(C)c1. The van der Waals surface area contributed by atoms with Crippen molar-refractivity contribution in [2.45, 2.75) is 111 Å². The van der Waals surface area contributed by atoms with Crippen molar-refractivity contribution < 1.29 is 33.5 Å². The summed E-state index contributed by atoms with van der Waals surface area (Å²) in [6.45, 7) is 8.35. The first-order valence-corrected chi connectivity index (χ1v) is 22.6. The molecule has 0 aliphatic heterocycles. The van der Waals surface area contributed by atoms with Crippen molar-refractivity contribution in [2.75, 3.05) is 56.2 Å². The molecule has 0 amide bonds. The van der Waals surface area contributed by atoms with Gasteiger partial charge in [0.15, 0.2) is 0 Å². The average Bonchev–Trinajstić information content (AvgIpc) is 3.25. The predicted molar refractivity (Wildman–Crippen MR) is 242 cm³/mol. The molecule has 0 saturated heterocycles. The fourth-order valence-electron chi connectivity index (χ4n) is 6.18. The van der Waals surface area contributed by atoms with Gasteiger partial charge < -0.3 is 23.8 Å². The van der Waals surface area contributed by atoms with Crippen molar-refractivity contribution in [2.24, 2.45) is 20.5 Å². The van der Waals surface area contributed by atoms with Crippen molar-refractivity contribution in [3.05, 3.63) is 70.3 Å². The van der Waals surface area contributed by atoms with E-state index in [-0.39, 0.29) is 79.6 Å². The molecule has 334 valence electrons. The Morgan fingerprint density at radius 2 is 1.10 bits per heavy atom. The Balaban J connectivity index is 1.94. The van der Waals surface area contributed by atoms with Crippen LogP contribution < -0.4 is 14.4 Å². The summed E-state index contributed by atoms with van der Waals surface area (Å²) in [4.78, 5) is 37.0. The Kier molecular flexibility index (Phi) is 25.1. The van der Waals surface area contributed by atoms with Crippen molar-refractivity contribution >= 4 is 69.3 Å². The standard InChI is InChI=1S/C45H62Cl2N6O8/c1-4-6-8-10-12-14-26-52(27-15-13-11-9-7-5-2)38-20-21-39(35(3)32-38)49-51-41-34-42(58-28-30-60-44(54)22-24-46)40(33-43(41)59-29-31-61-45(55)23-25-47)50-48-36-16-18-37(19-17-36)53(56)57/h16-21,32-34H,4-15,22-31H2,1-3H3/b50-48+,51-49+. The molecule has 0 aliphatic rings. The molecule has 0 spiro atoms. The first kappa shape index (κ1) is 50.5. The molecular weight excluding hydrogens is 823 g/mol. The number of non-ortho nitro benzene ring substituents is 1. The highest BCUT2D eigenvalue weighted by Gasteiger charge is 2.16. The summed E-state index contributed by atoms with van der Waals surface area (Å²) < 4.78 is 22.5. The number of anilines is 1. The van der Waals surface area contributed by atoms with Crippen LogP contribution in [0.25, 0.3) is 0 Å². The summed E-state index contributed by atoms with van der Waals surface area (Å²) in [5, 5.41) is 29.0. The van der Waals surface area contributed by atoms with Crippen LogP contribution in [0.2, 0.25) is 0 Å². The number of esters is 2. The zero-order valence-electron chi connectivity index (χ0n) is 36.0. The van der Waals surface area contributed by atoms with Crippen LogP contribution in [0.4, 0.5) is 34.1 Å². The van der Waals surface area contributed by atoms with Gasteiger partial charge in [-0.2, -0.15) is 10.2 Å². The summed E-state index contributed by atoms with van der Waals surface area (Å²) >= 11 is 11.3. The van der Waals surface area contributed by atoms with Gasteiger partial charge in [0.25, 0.3) is 5.69 Å². The molecule has 3 aromatic rings. The maximum Gasteiger partial charge on any atom is 0.307 e. The number of hydrogen-bond acceptors (Lipinski definition) is 13. The van der Waals surface area contributed by atoms with Crippen LogP contribution in [0.15, 0.2) is 75.1 Å². The van der Waals surface area contributed by atoms with Gasteiger partial charge in [0.05, 0.1) is 29.1 Å². The predicted octanol–water partition coefficient (Wildman–Crippen LogP) is 13.4. The molecule has 0 unspecified atom stereocenters. The monoisotopic (exact) mass is 884 g/mol. The molecule has 0 aliphatic carbocycles. The zero-order chi connectivity index (χ0) is 44.1. The van der Waals surface area contributed by atoms with E-state index in [1.54, 1.807) is 12.1 Å². The number of carbonyl (C=O) groups excluding carboxylic acids is 2. The molecule has 0 aromatic heterocycles. The quantitative estimate of drug-likeness (QED) is 0.0148. The number of hydrogen-bond donors (Lipinski definition) is 0. The number of ether oxygens (including phenoxy) is 4. The second kappa shape index (κ2) is 30.2. The maximum atomic E-state index is 11.9. The lowest BCUT2D eigenvalue weighted by molar-refractivity contribution is -0.384. The van der Waals surface area contributed by atoms with Gasteiger partial charge in [-0.1, -0.05) is 78.1 Å². The summed E-state index contributed by atoms with van der Waals surface area (Å²) in [6.07, 6.45) is 15.0. The number of nitro benzene ring substituents is 1. The molecule has 0 atom stereocenters. The van der Waals surface area contributed by atoms with Gasteiger partial charge in [-0.05, 0) is 55.7 Å². The van der Waals surface area contributed by atoms with Gasteiger partial charge in [0, 0.05) is 54.8 Å². The first-order chi connectivity index (χ1) is 29.7. The molecule has 0 saturated carbocycles. The van der Waals surface area contributed by atoms with Gasteiger partial charge in [0.2, 0.25) is 0 Å². The molecule has 61 heavy (non-hydrogen) atoms.